The lowest BCUT2D eigenvalue weighted by molar-refractivity contribution is -0.146. The Morgan fingerprint density at radius 1 is 0.553 bits per heavy atom. The predicted octanol–water partition coefficient (Wildman–Crippen LogP) is 8.88. The van der Waals surface area contributed by atoms with E-state index in [2.05, 4.69) is 0 Å². The highest BCUT2D eigenvalue weighted by molar-refractivity contribution is 6.68. The highest BCUT2D eigenvalue weighted by Gasteiger charge is 2.36. The smallest absolute Gasteiger partial charge is 0.347 e. The number of hydrogen-bond acceptors (Lipinski definition) is 8. The van der Waals surface area contributed by atoms with Crippen molar-refractivity contribution in [3.05, 3.63) is 156 Å². The lowest BCUT2D eigenvalue weighted by Crippen LogP contribution is -2.22. The Balaban J connectivity index is 0.000000192. The maximum atomic E-state index is 11.7. The minimum atomic E-state index is -1.67. The van der Waals surface area contributed by atoms with E-state index in [-0.39, 0.29) is 22.6 Å². The number of carbonyl (C=O) groups excluding carboxylic acids is 3. The molecule has 0 spiro atoms. The van der Waals surface area contributed by atoms with Crippen LogP contribution in [0.4, 0.5) is 0 Å². The maximum Gasteiger partial charge on any atom is 0.347 e. The van der Waals surface area contributed by atoms with Crippen LogP contribution >= 0.6 is 34.8 Å². The van der Waals surface area contributed by atoms with Crippen molar-refractivity contribution in [1.82, 2.24) is 0 Å². The summed E-state index contributed by atoms with van der Waals surface area (Å²) >= 11 is 17.2. The van der Waals surface area contributed by atoms with Crippen molar-refractivity contribution >= 4 is 52.7 Å². The number of benzene rings is 5. The Bertz CT molecular complexity index is 1630. The third-order valence-corrected chi connectivity index (χ3v) is 6.43. The molecule has 0 aliphatic carbocycles. The van der Waals surface area contributed by atoms with Crippen molar-refractivity contribution < 1.29 is 38.8 Å². The summed E-state index contributed by atoms with van der Waals surface area (Å²) in [4.78, 5) is 34.2. The van der Waals surface area contributed by atoms with Crippen LogP contribution in [0.15, 0.2) is 140 Å². The van der Waals surface area contributed by atoms with Crippen LogP contribution in [0.3, 0.4) is 0 Å². The Labute approximate surface area is 286 Å². The van der Waals surface area contributed by atoms with Crippen LogP contribution in [0.5, 0.6) is 23.0 Å². The first-order chi connectivity index (χ1) is 22.5. The average Bonchev–Trinajstić information content (AvgIpc) is 3.05. The van der Waals surface area contributed by atoms with Gasteiger partial charge in [-0.3, -0.25) is 4.79 Å². The molecule has 0 saturated heterocycles. The summed E-state index contributed by atoms with van der Waals surface area (Å²) < 4.78 is 13.5. The molecule has 0 saturated carbocycles. The Morgan fingerprint density at radius 3 is 1.23 bits per heavy atom. The van der Waals surface area contributed by atoms with Gasteiger partial charge in [-0.2, -0.15) is 0 Å². The minimum Gasteiger partial charge on any atom is -0.507 e. The normalized spacial score (nSPS) is 10.9. The molecule has 1 atom stereocenters. The summed E-state index contributed by atoms with van der Waals surface area (Å²) in [6.45, 7) is 1.27. The van der Waals surface area contributed by atoms with Crippen LogP contribution in [-0.4, -0.2) is 31.9 Å². The number of phenolic OH excluding ortho intramolecular Hbond substituents is 2. The first-order valence-electron chi connectivity index (χ1n) is 13.8. The fourth-order valence-electron chi connectivity index (χ4n) is 3.71. The number of ether oxygens (including phenoxy) is 3. The standard InChI is InChI=1S/2C13H10O3.C10H9Cl3O2/c2*14-12-9-5-4-8-11(12)13(15)16-10-6-2-1-3-7-10;1-7(14)15-9(10(11,12)13)8-5-3-2-4-6-8/h2*1-9,14H;2-6,9H,1H3. The van der Waals surface area contributed by atoms with Crippen molar-refractivity contribution in [1.29, 1.82) is 0 Å². The molecule has 5 aromatic carbocycles. The lowest BCUT2D eigenvalue weighted by atomic mass is 10.1. The van der Waals surface area contributed by atoms with Crippen molar-refractivity contribution in [2.45, 2.75) is 16.8 Å². The topological polar surface area (TPSA) is 119 Å². The zero-order valence-electron chi connectivity index (χ0n) is 24.8. The molecule has 1 unspecified atom stereocenters. The number of hydrogen-bond donors (Lipinski definition) is 2. The molecule has 0 bridgehead atoms. The third kappa shape index (κ3) is 12.4. The first kappa shape index (κ1) is 36.4. The molecule has 0 aliphatic heterocycles. The van der Waals surface area contributed by atoms with Gasteiger partial charge in [-0.25, -0.2) is 9.59 Å². The summed E-state index contributed by atoms with van der Waals surface area (Å²) in [6, 6.07) is 38.9. The van der Waals surface area contributed by atoms with Gasteiger partial charge in [-0.05, 0) is 54.1 Å². The molecule has 0 fully saturated rings. The average molecular weight is 696 g/mol. The molecule has 47 heavy (non-hydrogen) atoms. The second-order valence-corrected chi connectivity index (χ2v) is 11.8. The molecule has 0 aliphatic rings. The molecule has 0 aromatic heterocycles. The number of esters is 3. The van der Waals surface area contributed by atoms with Gasteiger partial charge in [0.15, 0.2) is 6.10 Å². The van der Waals surface area contributed by atoms with Gasteiger partial charge in [0, 0.05) is 6.92 Å². The van der Waals surface area contributed by atoms with Gasteiger partial charge in [0.05, 0.1) is 0 Å². The third-order valence-electron chi connectivity index (χ3n) is 5.84. The van der Waals surface area contributed by atoms with E-state index in [1.54, 1.807) is 97.1 Å². The second kappa shape index (κ2) is 18.2. The van der Waals surface area contributed by atoms with Crippen molar-refractivity contribution in [2.75, 3.05) is 0 Å². The highest BCUT2D eigenvalue weighted by atomic mass is 35.6. The van der Waals surface area contributed by atoms with E-state index in [0.29, 0.717) is 17.1 Å². The van der Waals surface area contributed by atoms with Crippen LogP contribution in [0.1, 0.15) is 39.3 Å². The quantitative estimate of drug-likeness (QED) is 0.103. The molecular weight excluding hydrogens is 667 g/mol. The predicted molar refractivity (Wildman–Crippen MR) is 180 cm³/mol. The van der Waals surface area contributed by atoms with Gasteiger partial charge < -0.3 is 24.4 Å². The van der Waals surface area contributed by atoms with E-state index in [0.717, 1.165) is 0 Å². The molecule has 5 aromatic rings. The maximum absolute atomic E-state index is 11.7. The summed E-state index contributed by atoms with van der Waals surface area (Å²) in [7, 11) is 0. The molecule has 0 radical (unpaired) electrons. The van der Waals surface area contributed by atoms with E-state index in [9.17, 15) is 24.6 Å². The number of rotatable bonds is 6. The molecule has 0 heterocycles. The Kier molecular flexibility index (Phi) is 14.1. The number of carbonyl (C=O) groups is 3. The van der Waals surface area contributed by atoms with E-state index in [4.69, 9.17) is 49.0 Å². The molecule has 2 N–H and O–H groups in total. The van der Waals surface area contributed by atoms with Gasteiger partial charge in [0.2, 0.25) is 3.79 Å². The van der Waals surface area contributed by atoms with Crippen molar-refractivity contribution in [2.24, 2.45) is 0 Å². The second-order valence-electron chi connectivity index (χ2n) is 9.38. The zero-order chi connectivity index (χ0) is 34.2. The fourth-order valence-corrected chi connectivity index (χ4v) is 4.22. The Morgan fingerprint density at radius 2 is 0.894 bits per heavy atom. The molecule has 11 heteroatoms. The van der Waals surface area contributed by atoms with Gasteiger partial charge in [0.25, 0.3) is 0 Å². The van der Waals surface area contributed by atoms with Crippen LogP contribution in [0.25, 0.3) is 0 Å². The van der Waals surface area contributed by atoms with Crippen LogP contribution in [0.2, 0.25) is 0 Å². The van der Waals surface area contributed by atoms with E-state index >= 15 is 0 Å². The molecule has 0 amide bonds. The van der Waals surface area contributed by atoms with E-state index in [1.165, 1.54) is 31.2 Å². The van der Waals surface area contributed by atoms with Crippen LogP contribution in [-0.2, 0) is 9.53 Å². The molecule has 8 nitrogen and oxygen atoms in total. The van der Waals surface area contributed by atoms with Gasteiger partial charge in [-0.1, -0.05) is 126 Å². The molecular formula is C36H29Cl3O8. The van der Waals surface area contributed by atoms with Crippen molar-refractivity contribution in [3.8, 4) is 23.0 Å². The highest BCUT2D eigenvalue weighted by Crippen LogP contribution is 2.42. The van der Waals surface area contributed by atoms with E-state index < -0.39 is 27.8 Å². The Hall–Kier alpha value is -5.02. The van der Waals surface area contributed by atoms with Crippen LogP contribution in [0, 0.1) is 0 Å². The summed E-state index contributed by atoms with van der Waals surface area (Å²) in [6.07, 6.45) is -0.888. The van der Waals surface area contributed by atoms with Gasteiger partial charge in [0.1, 0.15) is 34.1 Å². The zero-order valence-corrected chi connectivity index (χ0v) is 27.1. The van der Waals surface area contributed by atoms with Crippen LogP contribution < -0.4 is 9.47 Å². The molecule has 5 rings (SSSR count). The summed E-state index contributed by atoms with van der Waals surface area (Å²) in [5.74, 6) is -0.873. The SMILES string of the molecule is CC(=O)OC(c1ccccc1)C(Cl)(Cl)Cl.O=C(Oc1ccccc1)c1ccccc1O.O=C(Oc1ccccc1)c1ccccc1O. The largest absolute Gasteiger partial charge is 0.507 e. The minimum absolute atomic E-state index is 0.0802. The number of phenols is 2. The first-order valence-corrected chi connectivity index (χ1v) is 15.0. The number of alkyl halides is 3. The summed E-state index contributed by atoms with van der Waals surface area (Å²) in [5, 5.41) is 18.9. The monoisotopic (exact) mass is 694 g/mol. The summed E-state index contributed by atoms with van der Waals surface area (Å²) in [5.41, 5.74) is 0.963. The van der Waals surface area contributed by atoms with Gasteiger partial charge >= 0.3 is 17.9 Å². The van der Waals surface area contributed by atoms with Crippen molar-refractivity contribution in [3.63, 3.8) is 0 Å². The van der Waals surface area contributed by atoms with E-state index in [1.807, 2.05) is 18.2 Å². The number of para-hydroxylation sites is 4. The van der Waals surface area contributed by atoms with Gasteiger partial charge in [-0.15, -0.1) is 0 Å². The fraction of sp³-hybridized carbons (Fsp3) is 0.0833. The lowest BCUT2D eigenvalue weighted by Gasteiger charge is -2.24. The molecule has 242 valence electrons. The number of aromatic hydroxyl groups is 2. The number of halogens is 3.